The highest BCUT2D eigenvalue weighted by molar-refractivity contribution is 5.91. The SMILES string of the molecule is CCCCN1NC(CC)=C(C(=O)OC)C1Cc1ccc(-c2ccccc2-c2nn[nH]n2)cc1. The molecule has 0 radical (unpaired) electrons. The number of benzene rings is 2. The monoisotopic (exact) mass is 446 g/mol. The van der Waals surface area contributed by atoms with Gasteiger partial charge in [0.2, 0.25) is 5.82 Å². The molecule has 3 aromatic rings. The van der Waals surface area contributed by atoms with Gasteiger partial charge in [-0.1, -0.05) is 68.8 Å². The third kappa shape index (κ3) is 4.80. The summed E-state index contributed by atoms with van der Waals surface area (Å²) in [6, 6.07) is 16.4. The number of allylic oxidation sites excluding steroid dienone is 1. The predicted octanol–water partition coefficient (Wildman–Crippen LogP) is 3.90. The van der Waals surface area contributed by atoms with E-state index in [4.69, 9.17) is 4.74 Å². The van der Waals surface area contributed by atoms with Crippen LogP contribution in [0.2, 0.25) is 0 Å². The Bertz CT molecular complexity index is 1110. The lowest BCUT2D eigenvalue weighted by Gasteiger charge is -2.26. The molecule has 1 atom stereocenters. The molecule has 2 aromatic carbocycles. The van der Waals surface area contributed by atoms with E-state index in [1.807, 2.05) is 18.2 Å². The standard InChI is InChI=1S/C25H30N6O2/c1-4-6-15-31-22(23(25(32)33-3)21(5-2)28-31)16-17-11-13-18(14-12-17)19-9-7-8-10-20(19)24-26-29-30-27-24/h7-14,22,28H,4-6,15-16H2,1-3H3,(H,26,27,29,30). The summed E-state index contributed by atoms with van der Waals surface area (Å²) in [6.45, 7) is 5.11. The van der Waals surface area contributed by atoms with E-state index < -0.39 is 0 Å². The molecule has 172 valence electrons. The summed E-state index contributed by atoms with van der Waals surface area (Å²) < 4.78 is 5.13. The molecule has 0 amide bonds. The van der Waals surface area contributed by atoms with Gasteiger partial charge in [-0.05, 0) is 41.2 Å². The lowest BCUT2D eigenvalue weighted by atomic mass is 9.94. The Morgan fingerprint density at radius 3 is 2.48 bits per heavy atom. The maximum Gasteiger partial charge on any atom is 0.337 e. The second kappa shape index (κ2) is 10.4. The van der Waals surface area contributed by atoms with Crippen molar-refractivity contribution in [3.05, 3.63) is 65.4 Å². The van der Waals surface area contributed by atoms with Crippen LogP contribution in [0.5, 0.6) is 0 Å². The molecule has 0 spiro atoms. The van der Waals surface area contributed by atoms with Crippen LogP contribution < -0.4 is 5.43 Å². The summed E-state index contributed by atoms with van der Waals surface area (Å²) in [5.41, 5.74) is 9.35. The quantitative estimate of drug-likeness (QED) is 0.481. The molecule has 33 heavy (non-hydrogen) atoms. The van der Waals surface area contributed by atoms with E-state index in [-0.39, 0.29) is 12.0 Å². The van der Waals surface area contributed by atoms with E-state index in [0.717, 1.165) is 65.8 Å². The molecule has 4 rings (SSSR count). The highest BCUT2D eigenvalue weighted by Crippen LogP contribution is 2.31. The van der Waals surface area contributed by atoms with Gasteiger partial charge in [-0.3, -0.25) is 0 Å². The lowest BCUT2D eigenvalue weighted by molar-refractivity contribution is -0.136. The fraction of sp³-hybridized carbons (Fsp3) is 0.360. The Labute approximate surface area is 194 Å². The molecule has 8 heteroatoms. The molecule has 2 heterocycles. The maximum absolute atomic E-state index is 12.6. The number of hydrogen-bond acceptors (Lipinski definition) is 7. The van der Waals surface area contributed by atoms with Crippen molar-refractivity contribution in [2.75, 3.05) is 13.7 Å². The van der Waals surface area contributed by atoms with Crippen molar-refractivity contribution in [1.29, 1.82) is 0 Å². The Balaban J connectivity index is 1.60. The smallest absolute Gasteiger partial charge is 0.337 e. The number of ether oxygens (including phenoxy) is 1. The summed E-state index contributed by atoms with van der Waals surface area (Å²) in [4.78, 5) is 12.6. The number of carbonyl (C=O) groups excluding carboxylic acids is 1. The first-order chi connectivity index (χ1) is 16.2. The van der Waals surface area contributed by atoms with Crippen LogP contribution >= 0.6 is 0 Å². The van der Waals surface area contributed by atoms with E-state index in [1.165, 1.54) is 7.11 Å². The molecule has 2 N–H and O–H groups in total. The van der Waals surface area contributed by atoms with Crippen LogP contribution in [0.15, 0.2) is 59.8 Å². The van der Waals surface area contributed by atoms with Crippen LogP contribution in [-0.4, -0.2) is 51.3 Å². The van der Waals surface area contributed by atoms with Crippen molar-refractivity contribution in [3.63, 3.8) is 0 Å². The van der Waals surface area contributed by atoms with Crippen LogP contribution in [0.1, 0.15) is 38.7 Å². The summed E-state index contributed by atoms with van der Waals surface area (Å²) in [5.74, 6) is 0.312. The number of carbonyl (C=O) groups is 1. The van der Waals surface area contributed by atoms with Crippen molar-refractivity contribution in [2.24, 2.45) is 0 Å². The van der Waals surface area contributed by atoms with Gasteiger partial charge in [0.05, 0.1) is 18.7 Å². The first-order valence-electron chi connectivity index (χ1n) is 11.4. The summed E-state index contributed by atoms with van der Waals surface area (Å²) in [6.07, 6.45) is 3.63. The van der Waals surface area contributed by atoms with E-state index >= 15 is 0 Å². The van der Waals surface area contributed by atoms with Crippen LogP contribution in [0.4, 0.5) is 0 Å². The number of H-pyrrole nitrogens is 1. The Morgan fingerprint density at radius 2 is 1.85 bits per heavy atom. The number of nitrogens with zero attached hydrogens (tertiary/aromatic N) is 4. The number of hydrogen-bond donors (Lipinski definition) is 2. The van der Waals surface area contributed by atoms with E-state index in [0.29, 0.717) is 5.82 Å². The first-order valence-corrected chi connectivity index (χ1v) is 11.4. The van der Waals surface area contributed by atoms with E-state index in [1.54, 1.807) is 0 Å². The number of nitrogens with one attached hydrogen (secondary N) is 2. The molecule has 1 aromatic heterocycles. The average molecular weight is 447 g/mol. The Morgan fingerprint density at radius 1 is 1.09 bits per heavy atom. The van der Waals surface area contributed by atoms with Crippen molar-refractivity contribution >= 4 is 5.97 Å². The van der Waals surface area contributed by atoms with Gasteiger partial charge >= 0.3 is 5.97 Å². The molecule has 1 aliphatic heterocycles. The predicted molar refractivity (Wildman–Crippen MR) is 127 cm³/mol. The van der Waals surface area contributed by atoms with Gasteiger partial charge in [-0.2, -0.15) is 5.21 Å². The van der Waals surface area contributed by atoms with E-state index in [2.05, 4.69) is 75.2 Å². The lowest BCUT2D eigenvalue weighted by Crippen LogP contribution is -2.42. The third-order valence-electron chi connectivity index (χ3n) is 6.03. The van der Waals surface area contributed by atoms with E-state index in [9.17, 15) is 4.79 Å². The number of tetrazole rings is 1. The van der Waals surface area contributed by atoms with Crippen molar-refractivity contribution in [1.82, 2.24) is 31.1 Å². The summed E-state index contributed by atoms with van der Waals surface area (Å²) in [5, 5.41) is 16.7. The average Bonchev–Trinajstić information content (AvgIpc) is 3.51. The zero-order valence-corrected chi connectivity index (χ0v) is 19.3. The second-order valence-corrected chi connectivity index (χ2v) is 8.09. The molecule has 0 fully saturated rings. The van der Waals surface area contributed by atoms with Gasteiger partial charge in [0, 0.05) is 17.8 Å². The van der Waals surface area contributed by atoms with Crippen molar-refractivity contribution in [2.45, 2.75) is 45.6 Å². The molecule has 0 aliphatic carbocycles. The molecular weight excluding hydrogens is 416 g/mol. The molecular formula is C25H30N6O2. The zero-order valence-electron chi connectivity index (χ0n) is 19.3. The summed E-state index contributed by atoms with van der Waals surface area (Å²) >= 11 is 0. The minimum Gasteiger partial charge on any atom is -0.466 e. The molecule has 1 aliphatic rings. The Hall–Kier alpha value is -3.52. The van der Waals surface area contributed by atoms with Crippen molar-refractivity contribution < 1.29 is 9.53 Å². The fourth-order valence-electron chi connectivity index (χ4n) is 4.31. The molecule has 0 saturated carbocycles. The van der Waals surface area contributed by atoms with Gasteiger partial charge in [0.1, 0.15) is 0 Å². The number of hydrazine groups is 1. The molecule has 1 unspecified atom stereocenters. The second-order valence-electron chi connectivity index (χ2n) is 8.09. The van der Waals surface area contributed by atoms with Gasteiger partial charge < -0.3 is 10.2 Å². The van der Waals surface area contributed by atoms with Crippen molar-refractivity contribution in [3.8, 4) is 22.5 Å². The van der Waals surface area contributed by atoms with Crippen LogP contribution in [0, 0.1) is 0 Å². The maximum atomic E-state index is 12.6. The normalized spacial score (nSPS) is 16.2. The number of unbranched alkanes of at least 4 members (excludes halogenated alkanes) is 1. The number of methoxy groups -OCH3 is 1. The highest BCUT2D eigenvalue weighted by atomic mass is 16.5. The number of aromatic nitrogens is 4. The van der Waals surface area contributed by atoms with Gasteiger partial charge in [0.25, 0.3) is 0 Å². The minimum absolute atomic E-state index is 0.0589. The van der Waals surface area contributed by atoms with Gasteiger partial charge in [0.15, 0.2) is 0 Å². The number of esters is 1. The fourth-order valence-corrected chi connectivity index (χ4v) is 4.31. The minimum atomic E-state index is -0.256. The zero-order chi connectivity index (χ0) is 23.2. The highest BCUT2D eigenvalue weighted by Gasteiger charge is 2.36. The summed E-state index contributed by atoms with van der Waals surface area (Å²) in [7, 11) is 1.45. The number of aromatic amines is 1. The first kappa shape index (κ1) is 22.7. The topological polar surface area (TPSA) is 96.0 Å². The molecule has 0 saturated heterocycles. The number of rotatable bonds is 9. The van der Waals surface area contributed by atoms with Crippen LogP contribution in [0.25, 0.3) is 22.5 Å². The Kier molecular flexibility index (Phi) is 7.14. The molecule has 8 nitrogen and oxygen atoms in total. The van der Waals surface area contributed by atoms with Crippen LogP contribution in [-0.2, 0) is 16.0 Å². The van der Waals surface area contributed by atoms with Crippen LogP contribution in [0.3, 0.4) is 0 Å². The van der Waals surface area contributed by atoms with Gasteiger partial charge in [-0.15, -0.1) is 10.2 Å². The van der Waals surface area contributed by atoms with Gasteiger partial charge in [-0.25, -0.2) is 9.80 Å². The largest absolute Gasteiger partial charge is 0.466 e. The molecule has 0 bridgehead atoms. The third-order valence-corrected chi connectivity index (χ3v) is 6.03.